The van der Waals surface area contributed by atoms with E-state index in [2.05, 4.69) is 5.32 Å². The molecule has 2 rings (SSSR count). The molecule has 0 heterocycles. The van der Waals surface area contributed by atoms with Gasteiger partial charge in [0.25, 0.3) is 5.69 Å². The lowest BCUT2D eigenvalue weighted by molar-refractivity contribution is -0.384. The van der Waals surface area contributed by atoms with Crippen molar-refractivity contribution in [2.45, 2.75) is 50.5 Å². The van der Waals surface area contributed by atoms with E-state index in [1.165, 1.54) is 12.1 Å². The standard InChI is InChI=1S/C16H20N2O5/c19-14(17-16(15(20)21)9-2-1-3-10-16)8-7-12-5-4-6-13(11-12)18(22)23/h4-6,11H,1-3,7-10H2,(H,17,19)(H,20,21). The fourth-order valence-corrected chi connectivity index (χ4v) is 2.96. The van der Waals surface area contributed by atoms with Gasteiger partial charge in [0.05, 0.1) is 4.92 Å². The molecule has 0 atom stereocenters. The molecule has 1 amide bonds. The number of nitro benzene ring substituents is 1. The lowest BCUT2D eigenvalue weighted by atomic mass is 9.81. The van der Waals surface area contributed by atoms with E-state index >= 15 is 0 Å². The quantitative estimate of drug-likeness (QED) is 0.618. The number of nitrogens with zero attached hydrogens (tertiary/aromatic N) is 1. The first-order chi connectivity index (χ1) is 10.9. The Balaban J connectivity index is 1.95. The molecule has 0 radical (unpaired) electrons. The number of carbonyl (C=O) groups excluding carboxylic acids is 1. The summed E-state index contributed by atoms with van der Waals surface area (Å²) >= 11 is 0. The zero-order valence-corrected chi connectivity index (χ0v) is 12.8. The van der Waals surface area contributed by atoms with Crippen LogP contribution in [0.5, 0.6) is 0 Å². The van der Waals surface area contributed by atoms with E-state index in [0.29, 0.717) is 24.8 Å². The third-order valence-corrected chi connectivity index (χ3v) is 4.26. The van der Waals surface area contributed by atoms with Crippen molar-refractivity contribution in [1.82, 2.24) is 5.32 Å². The zero-order chi connectivity index (χ0) is 16.9. The van der Waals surface area contributed by atoms with E-state index < -0.39 is 16.4 Å². The van der Waals surface area contributed by atoms with Gasteiger partial charge in [0, 0.05) is 18.6 Å². The highest BCUT2D eigenvalue weighted by atomic mass is 16.6. The molecular weight excluding hydrogens is 300 g/mol. The number of amides is 1. The van der Waals surface area contributed by atoms with E-state index in [4.69, 9.17) is 0 Å². The van der Waals surface area contributed by atoms with Crippen LogP contribution >= 0.6 is 0 Å². The Morgan fingerprint density at radius 2 is 1.96 bits per heavy atom. The Labute approximate surface area is 133 Å². The summed E-state index contributed by atoms with van der Waals surface area (Å²) in [5.74, 6) is -1.32. The van der Waals surface area contributed by atoms with Crippen LogP contribution in [0.15, 0.2) is 24.3 Å². The minimum atomic E-state index is -1.15. The van der Waals surface area contributed by atoms with Gasteiger partial charge >= 0.3 is 5.97 Å². The van der Waals surface area contributed by atoms with Crippen molar-refractivity contribution in [2.24, 2.45) is 0 Å². The Hall–Kier alpha value is -2.44. The molecule has 1 aromatic carbocycles. The van der Waals surface area contributed by atoms with Crippen molar-refractivity contribution in [2.75, 3.05) is 0 Å². The maximum absolute atomic E-state index is 12.1. The lowest BCUT2D eigenvalue weighted by Crippen LogP contribution is -2.55. The second-order valence-electron chi connectivity index (χ2n) is 5.92. The highest BCUT2D eigenvalue weighted by Gasteiger charge is 2.40. The number of rotatable bonds is 6. The van der Waals surface area contributed by atoms with Crippen LogP contribution in [0.1, 0.15) is 44.1 Å². The van der Waals surface area contributed by atoms with Gasteiger partial charge in [-0.25, -0.2) is 4.79 Å². The Morgan fingerprint density at radius 3 is 2.57 bits per heavy atom. The largest absolute Gasteiger partial charge is 0.480 e. The normalized spacial score (nSPS) is 16.5. The van der Waals surface area contributed by atoms with Crippen molar-refractivity contribution in [3.63, 3.8) is 0 Å². The minimum Gasteiger partial charge on any atom is -0.480 e. The highest BCUT2D eigenvalue weighted by Crippen LogP contribution is 2.28. The fraction of sp³-hybridized carbons (Fsp3) is 0.500. The molecule has 1 aromatic rings. The Bertz CT molecular complexity index is 608. The predicted octanol–water partition coefficient (Wildman–Crippen LogP) is 2.43. The molecule has 23 heavy (non-hydrogen) atoms. The van der Waals surface area contributed by atoms with Gasteiger partial charge in [0.1, 0.15) is 5.54 Å². The molecule has 0 spiro atoms. The summed E-state index contributed by atoms with van der Waals surface area (Å²) in [6.07, 6.45) is 3.91. The average molecular weight is 320 g/mol. The molecule has 1 aliphatic rings. The third-order valence-electron chi connectivity index (χ3n) is 4.26. The molecule has 124 valence electrons. The second-order valence-corrected chi connectivity index (χ2v) is 5.92. The first kappa shape index (κ1) is 16.9. The van der Waals surface area contributed by atoms with E-state index in [-0.39, 0.29) is 18.0 Å². The molecule has 1 aliphatic carbocycles. The number of carboxylic acids is 1. The van der Waals surface area contributed by atoms with Crippen LogP contribution in [0.4, 0.5) is 5.69 Å². The van der Waals surface area contributed by atoms with Crippen molar-refractivity contribution < 1.29 is 19.6 Å². The summed E-state index contributed by atoms with van der Waals surface area (Å²) in [4.78, 5) is 33.9. The number of carbonyl (C=O) groups is 2. The molecule has 1 fully saturated rings. The minimum absolute atomic E-state index is 0.0165. The second kappa shape index (κ2) is 7.21. The molecule has 0 aliphatic heterocycles. The maximum atomic E-state index is 12.1. The number of aryl methyl sites for hydroxylation is 1. The van der Waals surface area contributed by atoms with Gasteiger partial charge in [-0.2, -0.15) is 0 Å². The van der Waals surface area contributed by atoms with Crippen molar-refractivity contribution in [1.29, 1.82) is 0 Å². The van der Waals surface area contributed by atoms with Crippen LogP contribution in [0.3, 0.4) is 0 Å². The van der Waals surface area contributed by atoms with Gasteiger partial charge in [0.15, 0.2) is 0 Å². The third kappa shape index (κ3) is 4.28. The summed E-state index contributed by atoms with van der Waals surface area (Å²) in [6, 6.07) is 6.12. The van der Waals surface area contributed by atoms with E-state index in [1.807, 2.05) is 0 Å². The lowest BCUT2D eigenvalue weighted by Gasteiger charge is -2.34. The first-order valence-corrected chi connectivity index (χ1v) is 7.71. The summed E-state index contributed by atoms with van der Waals surface area (Å²) in [6.45, 7) is 0. The van der Waals surface area contributed by atoms with Crippen molar-refractivity contribution >= 4 is 17.6 Å². The number of benzene rings is 1. The monoisotopic (exact) mass is 320 g/mol. The topological polar surface area (TPSA) is 110 Å². The number of nitro groups is 1. The number of hydrogen-bond acceptors (Lipinski definition) is 4. The van der Waals surface area contributed by atoms with Crippen LogP contribution in [0, 0.1) is 10.1 Å². The molecule has 2 N–H and O–H groups in total. The molecule has 0 unspecified atom stereocenters. The summed E-state index contributed by atoms with van der Waals surface area (Å²) in [5.41, 5.74) is -0.488. The van der Waals surface area contributed by atoms with E-state index in [1.54, 1.807) is 12.1 Å². The number of nitrogens with one attached hydrogen (secondary N) is 1. The molecule has 7 nitrogen and oxygen atoms in total. The van der Waals surface area contributed by atoms with Gasteiger partial charge in [-0.15, -0.1) is 0 Å². The van der Waals surface area contributed by atoms with E-state index in [0.717, 1.165) is 19.3 Å². The van der Waals surface area contributed by atoms with Crippen LogP contribution in [0.2, 0.25) is 0 Å². The first-order valence-electron chi connectivity index (χ1n) is 7.71. The SMILES string of the molecule is O=C(CCc1cccc([N+](=O)[O-])c1)NC1(C(=O)O)CCCCC1. The maximum Gasteiger partial charge on any atom is 0.329 e. The zero-order valence-electron chi connectivity index (χ0n) is 12.8. The number of non-ortho nitro benzene ring substituents is 1. The van der Waals surface area contributed by atoms with Crippen LogP contribution in [-0.2, 0) is 16.0 Å². The number of carboxylic acid groups (broad SMARTS) is 1. The van der Waals surface area contributed by atoms with Crippen LogP contribution in [0.25, 0.3) is 0 Å². The molecule has 1 saturated carbocycles. The molecule has 0 bridgehead atoms. The van der Waals surface area contributed by atoms with Gasteiger partial charge in [-0.05, 0) is 24.8 Å². The van der Waals surface area contributed by atoms with Gasteiger partial charge in [-0.3, -0.25) is 14.9 Å². The van der Waals surface area contributed by atoms with Crippen LogP contribution < -0.4 is 5.32 Å². The number of hydrogen-bond donors (Lipinski definition) is 2. The summed E-state index contributed by atoms with van der Waals surface area (Å²) < 4.78 is 0. The van der Waals surface area contributed by atoms with Crippen molar-refractivity contribution in [3.05, 3.63) is 39.9 Å². The van der Waals surface area contributed by atoms with Crippen molar-refractivity contribution in [3.8, 4) is 0 Å². The van der Waals surface area contributed by atoms with Crippen LogP contribution in [-0.4, -0.2) is 27.4 Å². The van der Waals surface area contributed by atoms with Gasteiger partial charge in [-0.1, -0.05) is 31.4 Å². The smallest absolute Gasteiger partial charge is 0.329 e. The highest BCUT2D eigenvalue weighted by molar-refractivity contribution is 5.87. The van der Waals surface area contributed by atoms with Gasteiger partial charge in [0.2, 0.25) is 5.91 Å². The fourth-order valence-electron chi connectivity index (χ4n) is 2.96. The summed E-state index contributed by atoms with van der Waals surface area (Å²) in [5, 5.41) is 22.8. The average Bonchev–Trinajstić information content (AvgIpc) is 2.54. The molecule has 7 heteroatoms. The molecule has 0 saturated heterocycles. The number of aliphatic carboxylic acids is 1. The Kier molecular flexibility index (Phi) is 5.31. The van der Waals surface area contributed by atoms with Gasteiger partial charge < -0.3 is 10.4 Å². The molecule has 0 aromatic heterocycles. The summed E-state index contributed by atoms with van der Waals surface area (Å²) in [7, 11) is 0. The Morgan fingerprint density at radius 1 is 1.26 bits per heavy atom. The van der Waals surface area contributed by atoms with E-state index in [9.17, 15) is 24.8 Å². The molecular formula is C16H20N2O5. The predicted molar refractivity (Wildman–Crippen MR) is 83.0 cm³/mol.